The molecule has 1 aliphatic carbocycles. The molecule has 1 aliphatic rings. The number of pyridine rings is 1. The summed E-state index contributed by atoms with van der Waals surface area (Å²) in [5.74, 6) is 0.823. The summed E-state index contributed by atoms with van der Waals surface area (Å²) in [6, 6.07) is 4.81. The Morgan fingerprint density at radius 3 is 2.70 bits per heavy atom. The highest BCUT2D eigenvalue weighted by atomic mass is 16.5. The van der Waals surface area contributed by atoms with Gasteiger partial charge in [0.15, 0.2) is 0 Å². The molecule has 20 heavy (non-hydrogen) atoms. The minimum Gasteiger partial charge on any atom is -0.474 e. The van der Waals surface area contributed by atoms with Gasteiger partial charge < -0.3 is 10.1 Å². The average molecular weight is 276 g/mol. The molecule has 2 rings (SSSR count). The molecule has 1 fully saturated rings. The van der Waals surface area contributed by atoms with E-state index in [4.69, 9.17) is 4.74 Å². The van der Waals surface area contributed by atoms with Gasteiger partial charge in [-0.05, 0) is 43.7 Å². The molecule has 3 nitrogen and oxygen atoms in total. The highest BCUT2D eigenvalue weighted by molar-refractivity contribution is 5.25. The van der Waals surface area contributed by atoms with Gasteiger partial charge in [-0.1, -0.05) is 27.2 Å². The van der Waals surface area contributed by atoms with Crippen molar-refractivity contribution in [1.29, 1.82) is 0 Å². The zero-order chi connectivity index (χ0) is 14.4. The Balaban J connectivity index is 2.07. The lowest BCUT2D eigenvalue weighted by Gasteiger charge is -2.15. The Kier molecular flexibility index (Phi) is 5.84. The summed E-state index contributed by atoms with van der Waals surface area (Å²) in [5, 5.41) is 3.47. The summed E-state index contributed by atoms with van der Waals surface area (Å²) in [6.07, 6.45) is 7.47. The van der Waals surface area contributed by atoms with E-state index in [1.807, 2.05) is 0 Å². The zero-order valence-electron chi connectivity index (χ0n) is 13.1. The Labute approximate surface area is 123 Å². The maximum absolute atomic E-state index is 6.07. The van der Waals surface area contributed by atoms with E-state index in [-0.39, 0.29) is 0 Å². The van der Waals surface area contributed by atoms with Crippen LogP contribution in [0.2, 0.25) is 0 Å². The molecule has 0 unspecified atom stereocenters. The fourth-order valence-electron chi connectivity index (χ4n) is 2.67. The predicted molar refractivity (Wildman–Crippen MR) is 83.1 cm³/mol. The van der Waals surface area contributed by atoms with Crippen LogP contribution in [-0.2, 0) is 13.0 Å². The first-order chi connectivity index (χ1) is 9.67. The first-order valence-electron chi connectivity index (χ1n) is 8.07. The van der Waals surface area contributed by atoms with Gasteiger partial charge in [-0.3, -0.25) is 0 Å². The van der Waals surface area contributed by atoms with Crippen molar-refractivity contribution in [1.82, 2.24) is 10.3 Å². The quantitative estimate of drug-likeness (QED) is 0.821. The normalized spacial score (nSPS) is 16.0. The van der Waals surface area contributed by atoms with E-state index in [0.29, 0.717) is 12.1 Å². The number of ether oxygens (including phenoxy) is 1. The van der Waals surface area contributed by atoms with Crippen molar-refractivity contribution < 1.29 is 4.74 Å². The number of rotatable bonds is 7. The monoisotopic (exact) mass is 276 g/mol. The second kappa shape index (κ2) is 7.63. The second-order valence-electron chi connectivity index (χ2n) is 6.11. The standard InChI is InChI=1S/C17H28N2O/c1-4-7-15-10-14(12-18-13(2)3)11-17(19-15)20-16-8-5-6-9-16/h10-11,13,16,18H,4-9,12H2,1-3H3. The summed E-state index contributed by atoms with van der Waals surface area (Å²) in [4.78, 5) is 4.66. The SMILES string of the molecule is CCCc1cc(CNC(C)C)cc(OC2CCCC2)n1. The number of aryl methyl sites for hydroxylation is 1. The third kappa shape index (κ3) is 4.78. The maximum Gasteiger partial charge on any atom is 0.214 e. The first-order valence-corrected chi connectivity index (χ1v) is 8.07. The van der Waals surface area contributed by atoms with Gasteiger partial charge in [-0.2, -0.15) is 0 Å². The fourth-order valence-corrected chi connectivity index (χ4v) is 2.67. The summed E-state index contributed by atoms with van der Waals surface area (Å²) < 4.78 is 6.07. The van der Waals surface area contributed by atoms with Gasteiger partial charge in [0.2, 0.25) is 5.88 Å². The molecular formula is C17H28N2O. The molecule has 0 bridgehead atoms. The summed E-state index contributed by atoms with van der Waals surface area (Å²) in [6.45, 7) is 7.42. The van der Waals surface area contributed by atoms with E-state index in [2.05, 4.69) is 43.2 Å². The van der Waals surface area contributed by atoms with Crippen LogP contribution in [0, 0.1) is 0 Å². The molecule has 1 aromatic rings. The highest BCUT2D eigenvalue weighted by Gasteiger charge is 2.17. The summed E-state index contributed by atoms with van der Waals surface area (Å²) in [5.41, 5.74) is 2.44. The average Bonchev–Trinajstić information content (AvgIpc) is 2.89. The number of nitrogens with one attached hydrogen (secondary N) is 1. The number of aromatic nitrogens is 1. The van der Waals surface area contributed by atoms with Crippen LogP contribution in [0.3, 0.4) is 0 Å². The van der Waals surface area contributed by atoms with Crippen molar-refractivity contribution in [2.75, 3.05) is 0 Å². The van der Waals surface area contributed by atoms with E-state index < -0.39 is 0 Å². The van der Waals surface area contributed by atoms with Gasteiger partial charge in [0.25, 0.3) is 0 Å². The topological polar surface area (TPSA) is 34.1 Å². The largest absolute Gasteiger partial charge is 0.474 e. The van der Waals surface area contributed by atoms with Crippen LogP contribution >= 0.6 is 0 Å². The van der Waals surface area contributed by atoms with Crippen LogP contribution < -0.4 is 10.1 Å². The van der Waals surface area contributed by atoms with Gasteiger partial charge in [-0.25, -0.2) is 4.98 Å². The minimum absolute atomic E-state index is 0.380. The van der Waals surface area contributed by atoms with Crippen molar-refractivity contribution >= 4 is 0 Å². The van der Waals surface area contributed by atoms with Gasteiger partial charge in [0, 0.05) is 24.3 Å². The van der Waals surface area contributed by atoms with Crippen LogP contribution in [-0.4, -0.2) is 17.1 Å². The van der Waals surface area contributed by atoms with Crippen LogP contribution in [0.5, 0.6) is 5.88 Å². The Bertz CT molecular complexity index is 411. The summed E-state index contributed by atoms with van der Waals surface area (Å²) >= 11 is 0. The van der Waals surface area contributed by atoms with Gasteiger partial charge in [0.1, 0.15) is 6.10 Å². The Hall–Kier alpha value is -1.09. The number of nitrogens with zero attached hydrogens (tertiary/aromatic N) is 1. The maximum atomic E-state index is 6.07. The smallest absolute Gasteiger partial charge is 0.214 e. The molecule has 3 heteroatoms. The minimum atomic E-state index is 0.380. The fraction of sp³-hybridized carbons (Fsp3) is 0.706. The first kappa shape index (κ1) is 15.3. The zero-order valence-corrected chi connectivity index (χ0v) is 13.1. The molecule has 1 heterocycles. The lowest BCUT2D eigenvalue weighted by molar-refractivity contribution is 0.200. The molecule has 1 saturated carbocycles. The van der Waals surface area contributed by atoms with Gasteiger partial charge >= 0.3 is 0 Å². The van der Waals surface area contributed by atoms with E-state index in [0.717, 1.165) is 31.0 Å². The molecule has 0 radical (unpaired) electrons. The highest BCUT2D eigenvalue weighted by Crippen LogP contribution is 2.24. The third-order valence-corrected chi connectivity index (χ3v) is 3.72. The predicted octanol–water partition coefficient (Wildman–Crippen LogP) is 3.85. The van der Waals surface area contributed by atoms with E-state index in [1.165, 1.54) is 31.2 Å². The van der Waals surface area contributed by atoms with Crippen molar-refractivity contribution in [3.8, 4) is 5.88 Å². The summed E-state index contributed by atoms with van der Waals surface area (Å²) in [7, 11) is 0. The van der Waals surface area contributed by atoms with Crippen LogP contribution in [0.15, 0.2) is 12.1 Å². The van der Waals surface area contributed by atoms with Crippen molar-refractivity contribution in [2.45, 2.75) is 78.0 Å². The molecule has 112 valence electrons. The molecule has 0 amide bonds. The Morgan fingerprint density at radius 2 is 2.05 bits per heavy atom. The number of hydrogen-bond acceptors (Lipinski definition) is 3. The molecule has 0 spiro atoms. The van der Waals surface area contributed by atoms with Gasteiger partial charge in [-0.15, -0.1) is 0 Å². The molecule has 0 aromatic carbocycles. The third-order valence-electron chi connectivity index (χ3n) is 3.72. The van der Waals surface area contributed by atoms with Crippen molar-refractivity contribution in [3.05, 3.63) is 23.4 Å². The number of hydrogen-bond donors (Lipinski definition) is 1. The molecule has 0 saturated heterocycles. The van der Waals surface area contributed by atoms with E-state index in [1.54, 1.807) is 0 Å². The van der Waals surface area contributed by atoms with Crippen molar-refractivity contribution in [3.63, 3.8) is 0 Å². The lowest BCUT2D eigenvalue weighted by Crippen LogP contribution is -2.22. The van der Waals surface area contributed by atoms with Crippen LogP contribution in [0.25, 0.3) is 0 Å². The van der Waals surface area contributed by atoms with E-state index in [9.17, 15) is 0 Å². The molecule has 0 atom stereocenters. The van der Waals surface area contributed by atoms with E-state index >= 15 is 0 Å². The molecular weight excluding hydrogens is 248 g/mol. The lowest BCUT2D eigenvalue weighted by atomic mass is 10.1. The second-order valence-corrected chi connectivity index (χ2v) is 6.11. The molecule has 1 aromatic heterocycles. The van der Waals surface area contributed by atoms with Crippen molar-refractivity contribution in [2.24, 2.45) is 0 Å². The van der Waals surface area contributed by atoms with Crippen LogP contribution in [0.1, 0.15) is 64.1 Å². The van der Waals surface area contributed by atoms with Crippen LogP contribution in [0.4, 0.5) is 0 Å². The molecule has 1 N–H and O–H groups in total. The molecule has 0 aliphatic heterocycles. The Morgan fingerprint density at radius 1 is 1.30 bits per heavy atom. The van der Waals surface area contributed by atoms with Gasteiger partial charge in [0.05, 0.1) is 0 Å².